The number of aliphatic hydroxyl groups excluding tert-OH is 1. The van der Waals surface area contributed by atoms with Crippen LogP contribution in [0.25, 0.3) is 0 Å². The molecular weight excluding hydrogens is 114 g/mol. The highest BCUT2D eigenvalue weighted by Crippen LogP contribution is 2.02. The standard InChI is InChI=1S/C7H11NO/c1-2-8-5-3-7(9)4-6-8/h3-5,9H,2,6H2,1H3. The van der Waals surface area contributed by atoms with Crippen LogP contribution in [-0.4, -0.2) is 23.1 Å². The maximum atomic E-state index is 8.87. The van der Waals surface area contributed by atoms with Gasteiger partial charge >= 0.3 is 0 Å². The highest BCUT2D eigenvalue weighted by molar-refractivity contribution is 5.14. The normalized spacial score (nSPS) is 17.9. The van der Waals surface area contributed by atoms with E-state index in [1.807, 2.05) is 6.20 Å². The average Bonchev–Trinajstić information content (AvgIpc) is 1.90. The van der Waals surface area contributed by atoms with E-state index >= 15 is 0 Å². The first-order valence-electron chi connectivity index (χ1n) is 3.14. The largest absolute Gasteiger partial charge is 0.508 e. The molecule has 50 valence electrons. The van der Waals surface area contributed by atoms with Gasteiger partial charge in [0.2, 0.25) is 0 Å². The van der Waals surface area contributed by atoms with Crippen molar-refractivity contribution in [1.82, 2.24) is 4.90 Å². The molecular formula is C7H11NO. The van der Waals surface area contributed by atoms with Crippen molar-refractivity contribution in [2.45, 2.75) is 6.92 Å². The minimum atomic E-state index is 0.375. The van der Waals surface area contributed by atoms with Crippen molar-refractivity contribution in [3.05, 3.63) is 24.1 Å². The van der Waals surface area contributed by atoms with Crippen LogP contribution in [0.15, 0.2) is 24.1 Å². The van der Waals surface area contributed by atoms with E-state index in [1.54, 1.807) is 12.2 Å². The molecule has 0 saturated carbocycles. The summed E-state index contributed by atoms with van der Waals surface area (Å²) >= 11 is 0. The van der Waals surface area contributed by atoms with Crippen LogP contribution in [0.1, 0.15) is 6.92 Å². The van der Waals surface area contributed by atoms with Gasteiger partial charge in [0, 0.05) is 19.3 Å². The third-order valence-corrected chi connectivity index (χ3v) is 1.40. The summed E-state index contributed by atoms with van der Waals surface area (Å²) in [7, 11) is 0. The first-order chi connectivity index (χ1) is 4.33. The van der Waals surface area contributed by atoms with Gasteiger partial charge in [0.15, 0.2) is 0 Å². The van der Waals surface area contributed by atoms with Crippen LogP contribution >= 0.6 is 0 Å². The fourth-order valence-corrected chi connectivity index (χ4v) is 0.756. The summed E-state index contributed by atoms with van der Waals surface area (Å²) in [4.78, 5) is 2.11. The van der Waals surface area contributed by atoms with Crippen molar-refractivity contribution in [1.29, 1.82) is 0 Å². The minimum Gasteiger partial charge on any atom is -0.508 e. The molecule has 0 unspecified atom stereocenters. The predicted octanol–water partition coefficient (Wildman–Crippen LogP) is 1.28. The Kier molecular flexibility index (Phi) is 1.78. The molecule has 0 radical (unpaired) electrons. The monoisotopic (exact) mass is 125 g/mol. The highest BCUT2D eigenvalue weighted by Gasteiger charge is 1.98. The Morgan fingerprint density at radius 3 is 3.00 bits per heavy atom. The molecule has 9 heavy (non-hydrogen) atoms. The van der Waals surface area contributed by atoms with E-state index in [2.05, 4.69) is 11.8 Å². The van der Waals surface area contributed by atoms with Crippen molar-refractivity contribution in [2.75, 3.05) is 13.1 Å². The first-order valence-corrected chi connectivity index (χ1v) is 3.14. The fraction of sp³-hybridized carbons (Fsp3) is 0.429. The Labute approximate surface area is 55.1 Å². The summed E-state index contributed by atoms with van der Waals surface area (Å²) in [6.45, 7) is 3.92. The molecule has 0 bridgehead atoms. The lowest BCUT2D eigenvalue weighted by atomic mass is 10.3. The first kappa shape index (κ1) is 6.20. The molecule has 0 fully saturated rings. The molecule has 2 nitrogen and oxygen atoms in total. The van der Waals surface area contributed by atoms with E-state index < -0.39 is 0 Å². The van der Waals surface area contributed by atoms with Gasteiger partial charge in [-0.05, 0) is 19.1 Å². The molecule has 0 aromatic heterocycles. The lowest BCUT2D eigenvalue weighted by Gasteiger charge is -2.18. The zero-order valence-corrected chi connectivity index (χ0v) is 5.54. The number of rotatable bonds is 1. The molecule has 0 amide bonds. The van der Waals surface area contributed by atoms with Crippen molar-refractivity contribution < 1.29 is 5.11 Å². The topological polar surface area (TPSA) is 23.5 Å². The fourth-order valence-electron chi connectivity index (χ4n) is 0.756. The number of allylic oxidation sites excluding steroid dienone is 1. The molecule has 1 rings (SSSR count). The van der Waals surface area contributed by atoms with Gasteiger partial charge in [0.25, 0.3) is 0 Å². The Morgan fingerprint density at radius 1 is 1.78 bits per heavy atom. The van der Waals surface area contributed by atoms with E-state index in [4.69, 9.17) is 5.11 Å². The molecule has 0 aliphatic carbocycles. The third-order valence-electron chi connectivity index (χ3n) is 1.40. The zero-order chi connectivity index (χ0) is 6.69. The Morgan fingerprint density at radius 2 is 2.56 bits per heavy atom. The van der Waals surface area contributed by atoms with E-state index in [-0.39, 0.29) is 0 Å². The SMILES string of the molecule is CCN1C=CC(O)=CC1. The van der Waals surface area contributed by atoms with Crippen molar-refractivity contribution >= 4 is 0 Å². The van der Waals surface area contributed by atoms with E-state index in [0.29, 0.717) is 5.76 Å². The second-order valence-electron chi connectivity index (χ2n) is 2.03. The van der Waals surface area contributed by atoms with Gasteiger partial charge in [0.05, 0.1) is 0 Å². The molecule has 2 heteroatoms. The predicted molar refractivity (Wildman–Crippen MR) is 37.1 cm³/mol. The number of nitrogens with zero attached hydrogens (tertiary/aromatic N) is 1. The van der Waals surface area contributed by atoms with Crippen LogP contribution < -0.4 is 0 Å². The summed E-state index contributed by atoms with van der Waals surface area (Å²) in [5, 5.41) is 8.87. The van der Waals surface area contributed by atoms with Gasteiger partial charge in [0.1, 0.15) is 5.76 Å². The van der Waals surface area contributed by atoms with E-state index in [9.17, 15) is 0 Å². The average molecular weight is 125 g/mol. The van der Waals surface area contributed by atoms with Crippen LogP contribution in [0, 0.1) is 0 Å². The van der Waals surface area contributed by atoms with E-state index in [0.717, 1.165) is 13.1 Å². The van der Waals surface area contributed by atoms with Gasteiger partial charge in [-0.2, -0.15) is 0 Å². The van der Waals surface area contributed by atoms with Crippen LogP contribution in [0.4, 0.5) is 0 Å². The van der Waals surface area contributed by atoms with E-state index in [1.165, 1.54) is 0 Å². The number of aliphatic hydroxyl groups is 1. The quantitative estimate of drug-likeness (QED) is 0.570. The number of hydrogen-bond donors (Lipinski definition) is 1. The summed E-state index contributed by atoms with van der Waals surface area (Å²) in [5.41, 5.74) is 0. The Balaban J connectivity index is 2.48. The van der Waals surface area contributed by atoms with Crippen LogP contribution in [0.2, 0.25) is 0 Å². The molecule has 1 aliphatic heterocycles. The smallest absolute Gasteiger partial charge is 0.114 e. The maximum absolute atomic E-state index is 8.87. The lowest BCUT2D eigenvalue weighted by molar-refractivity contribution is 0.385. The third kappa shape index (κ3) is 1.49. The molecule has 0 aromatic carbocycles. The summed E-state index contributed by atoms with van der Waals surface area (Å²) < 4.78 is 0. The van der Waals surface area contributed by atoms with Crippen LogP contribution in [-0.2, 0) is 0 Å². The molecule has 0 atom stereocenters. The molecule has 0 aromatic rings. The van der Waals surface area contributed by atoms with Gasteiger partial charge < -0.3 is 10.0 Å². The summed E-state index contributed by atoms with van der Waals surface area (Å²) in [5.74, 6) is 0.375. The molecule has 0 saturated heterocycles. The minimum absolute atomic E-state index is 0.375. The lowest BCUT2D eigenvalue weighted by Crippen LogP contribution is -2.18. The van der Waals surface area contributed by atoms with Gasteiger partial charge in [-0.25, -0.2) is 0 Å². The van der Waals surface area contributed by atoms with Gasteiger partial charge in [-0.15, -0.1) is 0 Å². The van der Waals surface area contributed by atoms with Crippen LogP contribution in [0.5, 0.6) is 0 Å². The second kappa shape index (κ2) is 2.58. The zero-order valence-electron chi connectivity index (χ0n) is 5.54. The summed E-state index contributed by atoms with van der Waals surface area (Å²) in [6.07, 6.45) is 5.39. The molecule has 1 heterocycles. The molecule has 1 N–H and O–H groups in total. The van der Waals surface area contributed by atoms with Crippen molar-refractivity contribution in [2.24, 2.45) is 0 Å². The molecule has 0 spiro atoms. The second-order valence-corrected chi connectivity index (χ2v) is 2.03. The maximum Gasteiger partial charge on any atom is 0.114 e. The van der Waals surface area contributed by atoms with Crippen LogP contribution in [0.3, 0.4) is 0 Å². The Bertz CT molecular complexity index is 149. The summed E-state index contributed by atoms with van der Waals surface area (Å²) in [6, 6.07) is 0. The molecule has 1 aliphatic rings. The van der Waals surface area contributed by atoms with Gasteiger partial charge in [-0.1, -0.05) is 0 Å². The number of likely N-dealkylation sites (N-methyl/N-ethyl adjacent to an activating group) is 1. The highest BCUT2D eigenvalue weighted by atomic mass is 16.3. The Hall–Kier alpha value is -0.920. The number of hydrogen-bond acceptors (Lipinski definition) is 2. The van der Waals surface area contributed by atoms with Gasteiger partial charge in [-0.3, -0.25) is 0 Å². The van der Waals surface area contributed by atoms with Crippen molar-refractivity contribution in [3.63, 3.8) is 0 Å². The van der Waals surface area contributed by atoms with Crippen molar-refractivity contribution in [3.8, 4) is 0 Å².